The predicted octanol–water partition coefficient (Wildman–Crippen LogP) is 0.591. The van der Waals surface area contributed by atoms with Gasteiger partial charge in [0.25, 0.3) is 0 Å². The molecule has 2 aromatic heterocycles. The summed E-state index contributed by atoms with van der Waals surface area (Å²) in [6.07, 6.45) is 1.56. The topological polar surface area (TPSA) is 89.9 Å². The zero-order chi connectivity index (χ0) is 12.0. The molecular weight excluding hydrogens is 218 g/mol. The van der Waals surface area contributed by atoms with Crippen molar-refractivity contribution in [1.82, 2.24) is 19.5 Å². The summed E-state index contributed by atoms with van der Waals surface area (Å²) in [4.78, 5) is 12.8. The molecule has 0 aliphatic heterocycles. The van der Waals surface area contributed by atoms with Crippen LogP contribution in [0.5, 0.6) is 0 Å². The molecule has 6 heteroatoms. The first kappa shape index (κ1) is 9.98. The minimum absolute atomic E-state index is 0.137. The van der Waals surface area contributed by atoms with Crippen molar-refractivity contribution in [2.75, 3.05) is 5.73 Å². The maximum absolute atomic E-state index is 9.08. The Morgan fingerprint density at radius 2 is 2.12 bits per heavy atom. The number of rotatable bonds is 1. The number of hydrogen-bond donors (Lipinski definition) is 2. The molecule has 0 saturated heterocycles. The van der Waals surface area contributed by atoms with E-state index in [2.05, 4.69) is 15.0 Å². The predicted molar refractivity (Wildman–Crippen MR) is 64.1 cm³/mol. The van der Waals surface area contributed by atoms with Crippen molar-refractivity contribution in [2.45, 2.75) is 6.61 Å². The average molecular weight is 229 g/mol. The number of nitrogen functional groups attached to an aromatic ring is 1. The molecule has 17 heavy (non-hydrogen) atoms. The van der Waals surface area contributed by atoms with E-state index in [0.717, 1.165) is 11.0 Å². The highest BCUT2D eigenvalue weighted by Crippen LogP contribution is 2.23. The number of anilines is 1. The van der Waals surface area contributed by atoms with Gasteiger partial charge in [0.1, 0.15) is 11.0 Å². The van der Waals surface area contributed by atoms with Gasteiger partial charge in [-0.05, 0) is 12.1 Å². The number of benzene rings is 1. The number of nitrogens with two attached hydrogens (primary N) is 1. The Hall–Kier alpha value is -2.21. The summed E-state index contributed by atoms with van der Waals surface area (Å²) >= 11 is 0. The lowest BCUT2D eigenvalue weighted by Crippen LogP contribution is -1.96. The normalized spacial score (nSPS) is 11.4. The van der Waals surface area contributed by atoms with E-state index in [4.69, 9.17) is 10.8 Å². The second-order valence-corrected chi connectivity index (χ2v) is 3.85. The fraction of sp³-hybridized carbons (Fsp3) is 0.182. The lowest BCUT2D eigenvalue weighted by atomic mass is 10.2. The molecule has 0 atom stereocenters. The Morgan fingerprint density at radius 3 is 2.88 bits per heavy atom. The van der Waals surface area contributed by atoms with Gasteiger partial charge >= 0.3 is 0 Å². The zero-order valence-corrected chi connectivity index (χ0v) is 9.25. The SMILES string of the molecule is Cn1c(N)nc2c3nc(CO)cnc3ccc21. The van der Waals surface area contributed by atoms with Crippen molar-refractivity contribution >= 4 is 28.0 Å². The highest BCUT2D eigenvalue weighted by Gasteiger charge is 2.10. The molecule has 0 fully saturated rings. The number of nitrogens with zero attached hydrogens (tertiary/aromatic N) is 4. The van der Waals surface area contributed by atoms with E-state index < -0.39 is 0 Å². The number of aliphatic hydroxyl groups is 1. The van der Waals surface area contributed by atoms with Crippen LogP contribution in [0.2, 0.25) is 0 Å². The van der Waals surface area contributed by atoms with Gasteiger partial charge in [0, 0.05) is 7.05 Å². The van der Waals surface area contributed by atoms with E-state index in [9.17, 15) is 0 Å². The van der Waals surface area contributed by atoms with Crippen LogP contribution in [0.1, 0.15) is 5.69 Å². The van der Waals surface area contributed by atoms with Gasteiger partial charge in [-0.2, -0.15) is 0 Å². The maximum atomic E-state index is 9.08. The van der Waals surface area contributed by atoms with Crippen LogP contribution in [0.4, 0.5) is 5.95 Å². The lowest BCUT2D eigenvalue weighted by molar-refractivity contribution is 0.277. The fourth-order valence-electron chi connectivity index (χ4n) is 1.86. The van der Waals surface area contributed by atoms with Crippen LogP contribution < -0.4 is 5.73 Å². The summed E-state index contributed by atoms with van der Waals surface area (Å²) in [5.74, 6) is 0.434. The Bertz CT molecular complexity index is 719. The third-order valence-corrected chi connectivity index (χ3v) is 2.81. The molecule has 0 saturated carbocycles. The van der Waals surface area contributed by atoms with E-state index in [1.165, 1.54) is 0 Å². The number of aromatic nitrogens is 4. The van der Waals surface area contributed by atoms with Gasteiger partial charge in [-0.15, -0.1) is 0 Å². The second-order valence-electron chi connectivity index (χ2n) is 3.85. The molecule has 0 aliphatic carbocycles. The number of aryl methyl sites for hydroxylation is 1. The van der Waals surface area contributed by atoms with Gasteiger partial charge in [0.05, 0.1) is 29.5 Å². The molecule has 3 aromatic rings. The number of fused-ring (bicyclic) bond motifs is 3. The summed E-state index contributed by atoms with van der Waals surface area (Å²) in [7, 11) is 1.85. The molecule has 0 radical (unpaired) electrons. The Kier molecular flexibility index (Phi) is 1.99. The Labute approximate surface area is 96.7 Å². The standard InChI is InChI=1S/C11H11N5O/c1-16-8-3-2-7-9(10(8)15-11(16)12)14-6(5-17)4-13-7/h2-4,17H,5H2,1H3,(H2,12,15). The van der Waals surface area contributed by atoms with Gasteiger partial charge in [0.15, 0.2) is 0 Å². The molecule has 0 aliphatic rings. The van der Waals surface area contributed by atoms with E-state index in [1.807, 2.05) is 19.2 Å². The van der Waals surface area contributed by atoms with Crippen molar-refractivity contribution in [1.29, 1.82) is 0 Å². The third-order valence-electron chi connectivity index (χ3n) is 2.81. The lowest BCUT2D eigenvalue weighted by Gasteiger charge is -2.00. The summed E-state index contributed by atoms with van der Waals surface area (Å²) in [6, 6.07) is 3.78. The van der Waals surface area contributed by atoms with Crippen LogP contribution in [0.15, 0.2) is 18.3 Å². The monoisotopic (exact) mass is 229 g/mol. The van der Waals surface area contributed by atoms with Crippen molar-refractivity contribution in [3.63, 3.8) is 0 Å². The minimum atomic E-state index is -0.137. The van der Waals surface area contributed by atoms with Gasteiger partial charge < -0.3 is 15.4 Å². The van der Waals surface area contributed by atoms with E-state index in [0.29, 0.717) is 22.7 Å². The largest absolute Gasteiger partial charge is 0.390 e. The molecule has 0 unspecified atom stereocenters. The van der Waals surface area contributed by atoms with Crippen molar-refractivity contribution < 1.29 is 5.11 Å². The number of hydrogen-bond acceptors (Lipinski definition) is 5. The average Bonchev–Trinajstić information content (AvgIpc) is 2.65. The first-order valence-corrected chi connectivity index (χ1v) is 5.18. The number of imidazole rings is 1. The van der Waals surface area contributed by atoms with Crippen LogP contribution in [0, 0.1) is 0 Å². The minimum Gasteiger partial charge on any atom is -0.390 e. The Balaban J connectivity index is 2.48. The molecule has 6 nitrogen and oxygen atoms in total. The van der Waals surface area contributed by atoms with E-state index >= 15 is 0 Å². The van der Waals surface area contributed by atoms with Crippen molar-refractivity contribution in [2.24, 2.45) is 7.05 Å². The summed E-state index contributed by atoms with van der Waals surface area (Å²) in [5.41, 5.74) is 9.32. The molecule has 3 N–H and O–H groups in total. The Morgan fingerprint density at radius 1 is 1.29 bits per heavy atom. The van der Waals surface area contributed by atoms with Crippen molar-refractivity contribution in [3.8, 4) is 0 Å². The summed E-state index contributed by atoms with van der Waals surface area (Å²) < 4.78 is 1.79. The highest BCUT2D eigenvalue weighted by atomic mass is 16.3. The molecule has 0 amide bonds. The third kappa shape index (κ3) is 1.34. The van der Waals surface area contributed by atoms with Gasteiger partial charge in [-0.25, -0.2) is 9.97 Å². The highest BCUT2D eigenvalue weighted by molar-refractivity contribution is 6.00. The molecule has 0 bridgehead atoms. The van der Waals surface area contributed by atoms with Crippen LogP contribution in [0.25, 0.3) is 22.1 Å². The zero-order valence-electron chi connectivity index (χ0n) is 9.25. The molecule has 2 heterocycles. The summed E-state index contributed by atoms with van der Waals surface area (Å²) in [6.45, 7) is -0.137. The molecule has 1 aromatic carbocycles. The van der Waals surface area contributed by atoms with Crippen LogP contribution in [-0.4, -0.2) is 24.6 Å². The molecular formula is C11H11N5O. The molecule has 86 valence electrons. The maximum Gasteiger partial charge on any atom is 0.201 e. The fourth-order valence-corrected chi connectivity index (χ4v) is 1.86. The molecule has 0 spiro atoms. The quantitative estimate of drug-likeness (QED) is 0.637. The second kappa shape index (κ2) is 3.39. The van der Waals surface area contributed by atoms with Crippen LogP contribution >= 0.6 is 0 Å². The smallest absolute Gasteiger partial charge is 0.201 e. The first-order valence-electron chi connectivity index (χ1n) is 5.18. The van der Waals surface area contributed by atoms with Crippen LogP contribution in [0.3, 0.4) is 0 Å². The van der Waals surface area contributed by atoms with Gasteiger partial charge in [-0.1, -0.05) is 0 Å². The molecule has 3 rings (SSSR count). The van der Waals surface area contributed by atoms with Gasteiger partial charge in [-0.3, -0.25) is 4.98 Å². The first-order chi connectivity index (χ1) is 8.20. The van der Waals surface area contributed by atoms with Crippen LogP contribution in [-0.2, 0) is 13.7 Å². The van der Waals surface area contributed by atoms with E-state index in [1.54, 1.807) is 10.8 Å². The van der Waals surface area contributed by atoms with Crippen molar-refractivity contribution in [3.05, 3.63) is 24.0 Å². The van der Waals surface area contributed by atoms with E-state index in [-0.39, 0.29) is 6.61 Å². The number of aliphatic hydroxyl groups excluding tert-OH is 1. The van der Waals surface area contributed by atoms with Gasteiger partial charge in [0.2, 0.25) is 5.95 Å². The summed E-state index contributed by atoms with van der Waals surface area (Å²) in [5, 5.41) is 9.08.